The molecular weight excluding hydrogens is 348 g/mol. The minimum Gasteiger partial charge on any atom is -0.368 e. The third kappa shape index (κ3) is 3.81. The SMILES string of the molecule is Cc1c(CNCCN2CCc3ccccc3C2)c2ccccc2n1CC(N)=O. The van der Waals surface area contributed by atoms with E-state index in [2.05, 4.69) is 53.5 Å². The lowest BCUT2D eigenvalue weighted by molar-refractivity contribution is -0.118. The fraction of sp³-hybridized carbons (Fsp3) is 0.348. The molecule has 3 N–H and O–H groups in total. The van der Waals surface area contributed by atoms with Crippen molar-refractivity contribution in [2.24, 2.45) is 5.73 Å². The Morgan fingerprint density at radius 3 is 2.68 bits per heavy atom. The first-order chi connectivity index (χ1) is 13.6. The second kappa shape index (κ2) is 8.17. The average Bonchev–Trinajstić information content (AvgIpc) is 2.96. The molecule has 5 nitrogen and oxygen atoms in total. The summed E-state index contributed by atoms with van der Waals surface area (Å²) in [6.45, 7) is 7.22. The minimum atomic E-state index is -0.311. The van der Waals surface area contributed by atoms with E-state index in [0.717, 1.165) is 50.4 Å². The number of nitrogens with zero attached hydrogens (tertiary/aromatic N) is 2. The van der Waals surface area contributed by atoms with Crippen molar-refractivity contribution in [3.05, 3.63) is 70.9 Å². The number of primary amides is 1. The van der Waals surface area contributed by atoms with Crippen molar-refractivity contribution in [3.8, 4) is 0 Å². The molecule has 3 aromatic rings. The molecule has 2 heterocycles. The van der Waals surface area contributed by atoms with Gasteiger partial charge in [-0.3, -0.25) is 9.69 Å². The second-order valence-electron chi connectivity index (χ2n) is 7.61. The molecule has 0 saturated carbocycles. The number of carbonyl (C=O) groups excluding carboxylic acids is 1. The maximum atomic E-state index is 11.5. The van der Waals surface area contributed by atoms with Crippen LogP contribution in [0.4, 0.5) is 0 Å². The molecule has 0 aliphatic carbocycles. The molecule has 1 amide bonds. The second-order valence-corrected chi connectivity index (χ2v) is 7.61. The Morgan fingerprint density at radius 2 is 1.86 bits per heavy atom. The van der Waals surface area contributed by atoms with Gasteiger partial charge in [-0.1, -0.05) is 42.5 Å². The zero-order valence-electron chi connectivity index (χ0n) is 16.4. The molecule has 0 unspecified atom stereocenters. The number of hydrogen-bond donors (Lipinski definition) is 2. The van der Waals surface area contributed by atoms with Crippen LogP contribution in [0.15, 0.2) is 48.5 Å². The number of para-hydroxylation sites is 1. The van der Waals surface area contributed by atoms with E-state index >= 15 is 0 Å². The number of nitrogens with two attached hydrogens (primary N) is 1. The van der Waals surface area contributed by atoms with Crippen molar-refractivity contribution >= 4 is 16.8 Å². The fourth-order valence-corrected chi connectivity index (χ4v) is 4.28. The molecule has 0 spiro atoms. The molecule has 1 aliphatic heterocycles. The number of fused-ring (bicyclic) bond motifs is 2. The molecule has 0 atom stereocenters. The van der Waals surface area contributed by atoms with Crippen LogP contribution in [0.3, 0.4) is 0 Å². The maximum absolute atomic E-state index is 11.5. The molecule has 0 bridgehead atoms. The summed E-state index contributed by atoms with van der Waals surface area (Å²) in [6.07, 6.45) is 1.13. The highest BCUT2D eigenvalue weighted by Gasteiger charge is 2.16. The summed E-state index contributed by atoms with van der Waals surface area (Å²) in [4.78, 5) is 14.0. The van der Waals surface area contributed by atoms with Crippen molar-refractivity contribution in [3.63, 3.8) is 0 Å². The molecule has 0 saturated heterocycles. The van der Waals surface area contributed by atoms with Crippen molar-refractivity contribution in [1.29, 1.82) is 0 Å². The Bertz CT molecular complexity index is 991. The standard InChI is InChI=1S/C23H28N4O/c1-17-21(20-8-4-5-9-22(20)27(17)16-23(24)28)14-25-11-13-26-12-10-18-6-2-3-7-19(18)15-26/h2-9,25H,10-16H2,1H3,(H2,24,28). The van der Waals surface area contributed by atoms with Crippen LogP contribution in [-0.4, -0.2) is 35.0 Å². The summed E-state index contributed by atoms with van der Waals surface area (Å²) < 4.78 is 2.02. The van der Waals surface area contributed by atoms with Crippen LogP contribution in [0, 0.1) is 6.92 Å². The van der Waals surface area contributed by atoms with E-state index in [1.165, 1.54) is 22.1 Å². The summed E-state index contributed by atoms with van der Waals surface area (Å²) in [5.41, 5.74) is 11.8. The first kappa shape index (κ1) is 18.7. The Kier molecular flexibility index (Phi) is 5.46. The van der Waals surface area contributed by atoms with Crippen LogP contribution >= 0.6 is 0 Å². The van der Waals surface area contributed by atoms with E-state index in [1.54, 1.807) is 0 Å². The lowest BCUT2D eigenvalue weighted by Gasteiger charge is -2.28. The van der Waals surface area contributed by atoms with Gasteiger partial charge in [-0.2, -0.15) is 0 Å². The van der Waals surface area contributed by atoms with Gasteiger partial charge in [0.1, 0.15) is 6.54 Å². The van der Waals surface area contributed by atoms with E-state index in [-0.39, 0.29) is 12.5 Å². The first-order valence-corrected chi connectivity index (χ1v) is 9.98. The molecule has 4 rings (SSSR count). The van der Waals surface area contributed by atoms with Crippen LogP contribution in [-0.2, 0) is 30.8 Å². The summed E-state index contributed by atoms with van der Waals surface area (Å²) >= 11 is 0. The quantitative estimate of drug-likeness (QED) is 0.623. The van der Waals surface area contributed by atoms with Gasteiger partial charge in [-0.15, -0.1) is 0 Å². The highest BCUT2D eigenvalue weighted by Crippen LogP contribution is 2.25. The topological polar surface area (TPSA) is 63.3 Å². The van der Waals surface area contributed by atoms with Gasteiger partial charge >= 0.3 is 0 Å². The Balaban J connectivity index is 1.39. The highest BCUT2D eigenvalue weighted by atomic mass is 16.1. The number of rotatable bonds is 7. The Labute approximate surface area is 166 Å². The van der Waals surface area contributed by atoms with E-state index in [1.807, 2.05) is 16.7 Å². The van der Waals surface area contributed by atoms with Gasteiger partial charge < -0.3 is 15.6 Å². The molecular formula is C23H28N4O. The van der Waals surface area contributed by atoms with E-state index in [0.29, 0.717) is 0 Å². The van der Waals surface area contributed by atoms with Gasteiger partial charge in [0.2, 0.25) is 5.91 Å². The summed E-state index contributed by atoms with van der Waals surface area (Å²) in [5, 5.41) is 4.80. The summed E-state index contributed by atoms with van der Waals surface area (Å²) in [6, 6.07) is 17.0. The number of nitrogens with one attached hydrogen (secondary N) is 1. The lowest BCUT2D eigenvalue weighted by Crippen LogP contribution is -2.36. The van der Waals surface area contributed by atoms with Gasteiger partial charge in [0.15, 0.2) is 0 Å². The van der Waals surface area contributed by atoms with Gasteiger partial charge in [0.05, 0.1) is 0 Å². The van der Waals surface area contributed by atoms with Crippen LogP contribution in [0.25, 0.3) is 10.9 Å². The van der Waals surface area contributed by atoms with Crippen molar-refractivity contribution in [1.82, 2.24) is 14.8 Å². The minimum absolute atomic E-state index is 0.222. The molecule has 0 fully saturated rings. The van der Waals surface area contributed by atoms with E-state index in [9.17, 15) is 4.79 Å². The Morgan fingerprint density at radius 1 is 1.11 bits per heavy atom. The highest BCUT2D eigenvalue weighted by molar-refractivity contribution is 5.87. The van der Waals surface area contributed by atoms with E-state index < -0.39 is 0 Å². The number of hydrogen-bond acceptors (Lipinski definition) is 3. The number of amides is 1. The Hall–Kier alpha value is -2.63. The molecule has 146 valence electrons. The fourth-order valence-electron chi connectivity index (χ4n) is 4.28. The van der Waals surface area contributed by atoms with Crippen LogP contribution < -0.4 is 11.1 Å². The summed E-state index contributed by atoms with van der Waals surface area (Å²) in [7, 11) is 0. The van der Waals surface area contributed by atoms with Crippen molar-refractivity contribution in [2.45, 2.75) is 33.0 Å². The lowest BCUT2D eigenvalue weighted by atomic mass is 10.00. The van der Waals surface area contributed by atoms with E-state index in [4.69, 9.17) is 5.73 Å². The maximum Gasteiger partial charge on any atom is 0.237 e. The van der Waals surface area contributed by atoms with Crippen molar-refractivity contribution in [2.75, 3.05) is 19.6 Å². The number of aromatic nitrogens is 1. The third-order valence-electron chi connectivity index (χ3n) is 5.79. The molecule has 1 aromatic heterocycles. The molecule has 28 heavy (non-hydrogen) atoms. The zero-order chi connectivity index (χ0) is 19.5. The van der Waals surface area contributed by atoms with Crippen LogP contribution in [0.1, 0.15) is 22.4 Å². The average molecular weight is 377 g/mol. The normalized spacial score (nSPS) is 14.3. The van der Waals surface area contributed by atoms with Gasteiger partial charge in [-0.05, 0) is 36.1 Å². The first-order valence-electron chi connectivity index (χ1n) is 9.98. The van der Waals surface area contributed by atoms with Crippen molar-refractivity contribution < 1.29 is 4.79 Å². The van der Waals surface area contributed by atoms with Gasteiger partial charge in [-0.25, -0.2) is 0 Å². The summed E-state index contributed by atoms with van der Waals surface area (Å²) in [5.74, 6) is -0.311. The molecule has 1 aliphatic rings. The van der Waals surface area contributed by atoms with Crippen LogP contribution in [0.5, 0.6) is 0 Å². The molecule has 0 radical (unpaired) electrons. The molecule has 2 aromatic carbocycles. The monoisotopic (exact) mass is 376 g/mol. The third-order valence-corrected chi connectivity index (χ3v) is 5.79. The number of carbonyl (C=O) groups is 1. The predicted octanol–water partition coefficient (Wildman–Crippen LogP) is 2.58. The zero-order valence-corrected chi connectivity index (χ0v) is 16.4. The van der Waals surface area contributed by atoms with Crippen LogP contribution in [0.2, 0.25) is 0 Å². The number of benzene rings is 2. The van der Waals surface area contributed by atoms with Gasteiger partial charge in [0.25, 0.3) is 0 Å². The smallest absolute Gasteiger partial charge is 0.237 e. The molecule has 5 heteroatoms. The van der Waals surface area contributed by atoms with Gasteiger partial charge in [0, 0.05) is 49.3 Å². The predicted molar refractivity (Wildman–Crippen MR) is 113 cm³/mol. The largest absolute Gasteiger partial charge is 0.368 e.